The van der Waals surface area contributed by atoms with Crippen LogP contribution in [0.5, 0.6) is 0 Å². The molecule has 0 amide bonds. The van der Waals surface area contributed by atoms with Gasteiger partial charge in [0.2, 0.25) is 0 Å². The van der Waals surface area contributed by atoms with Gasteiger partial charge >= 0.3 is 5.97 Å². The molecule has 2 heterocycles. The van der Waals surface area contributed by atoms with E-state index in [0.717, 1.165) is 0 Å². The van der Waals surface area contributed by atoms with Gasteiger partial charge in [-0.3, -0.25) is 9.36 Å². The molecule has 0 unspecified atom stereocenters. The Morgan fingerprint density at radius 1 is 1.15 bits per heavy atom. The summed E-state index contributed by atoms with van der Waals surface area (Å²) in [5.41, 5.74) is 1.56. The van der Waals surface area contributed by atoms with E-state index >= 15 is 0 Å². The van der Waals surface area contributed by atoms with Crippen molar-refractivity contribution in [3.8, 4) is 5.69 Å². The Morgan fingerprint density at radius 2 is 1.89 bits per heavy atom. The number of halogens is 1. The van der Waals surface area contributed by atoms with Gasteiger partial charge in [-0.05, 0) is 37.3 Å². The Morgan fingerprint density at radius 3 is 2.59 bits per heavy atom. The normalized spacial score (nSPS) is 11.2. The number of fused-ring (bicyclic) bond motifs is 3. The van der Waals surface area contributed by atoms with Gasteiger partial charge in [0.15, 0.2) is 0 Å². The lowest BCUT2D eigenvalue weighted by Crippen LogP contribution is -2.22. The Kier molecular flexibility index (Phi) is 4.03. The molecule has 27 heavy (non-hydrogen) atoms. The second kappa shape index (κ2) is 6.39. The fraction of sp³-hybridized carbons (Fsp3) is 0.143. The van der Waals surface area contributed by atoms with E-state index in [-0.39, 0.29) is 17.7 Å². The molecule has 0 spiro atoms. The molecule has 4 aromatic rings. The topological polar surface area (TPSA) is 53.2 Å². The first kappa shape index (κ1) is 17.0. The summed E-state index contributed by atoms with van der Waals surface area (Å²) in [7, 11) is 1.73. The van der Waals surface area contributed by atoms with Crippen LogP contribution in [0.1, 0.15) is 17.3 Å². The molecule has 2 aromatic heterocycles. The smallest absolute Gasteiger partial charge is 0.340 e. The molecule has 0 fully saturated rings. The highest BCUT2D eigenvalue weighted by atomic mass is 19.1. The van der Waals surface area contributed by atoms with E-state index < -0.39 is 11.8 Å². The van der Waals surface area contributed by atoms with Crippen LogP contribution in [0.15, 0.2) is 59.5 Å². The molecule has 0 atom stereocenters. The second-order valence-electron chi connectivity index (χ2n) is 6.22. The van der Waals surface area contributed by atoms with Crippen molar-refractivity contribution in [3.05, 3.63) is 76.5 Å². The van der Waals surface area contributed by atoms with Crippen molar-refractivity contribution >= 4 is 27.8 Å². The highest BCUT2D eigenvalue weighted by molar-refractivity contribution is 6.16. The number of hydrogen-bond donors (Lipinski definition) is 0. The van der Waals surface area contributed by atoms with E-state index in [9.17, 15) is 14.0 Å². The first-order valence-corrected chi connectivity index (χ1v) is 8.58. The number of rotatable bonds is 3. The Balaban J connectivity index is 2.20. The largest absolute Gasteiger partial charge is 0.462 e. The number of aromatic nitrogens is 2. The molecule has 0 radical (unpaired) electrons. The molecular formula is C21H17FN2O3. The maximum Gasteiger partial charge on any atom is 0.340 e. The van der Waals surface area contributed by atoms with Crippen LogP contribution in [-0.4, -0.2) is 21.7 Å². The number of nitrogens with zero attached hydrogens (tertiary/aromatic N) is 2. The number of esters is 1. The number of benzene rings is 2. The van der Waals surface area contributed by atoms with Crippen LogP contribution in [0.2, 0.25) is 0 Å². The summed E-state index contributed by atoms with van der Waals surface area (Å²) in [6.45, 7) is 1.91. The summed E-state index contributed by atoms with van der Waals surface area (Å²) in [6.07, 6.45) is 1.47. The number of para-hydroxylation sites is 1. The number of carbonyl (C=O) groups is 1. The zero-order valence-corrected chi connectivity index (χ0v) is 14.9. The maximum absolute atomic E-state index is 13.9. The molecule has 0 N–H and O–H groups in total. The van der Waals surface area contributed by atoms with Gasteiger partial charge < -0.3 is 9.30 Å². The number of ether oxygens (including phenoxy) is 1. The molecule has 136 valence electrons. The van der Waals surface area contributed by atoms with Crippen LogP contribution < -0.4 is 5.56 Å². The van der Waals surface area contributed by atoms with E-state index in [0.29, 0.717) is 27.5 Å². The highest BCUT2D eigenvalue weighted by Gasteiger charge is 2.22. The summed E-state index contributed by atoms with van der Waals surface area (Å²) in [5.74, 6) is -0.985. The van der Waals surface area contributed by atoms with Crippen molar-refractivity contribution < 1.29 is 13.9 Å². The predicted molar refractivity (Wildman–Crippen MR) is 102 cm³/mol. The van der Waals surface area contributed by atoms with E-state index in [1.807, 2.05) is 18.2 Å². The van der Waals surface area contributed by atoms with E-state index in [2.05, 4.69) is 0 Å². The Hall–Kier alpha value is -3.41. The number of hydrogen-bond acceptors (Lipinski definition) is 3. The minimum absolute atomic E-state index is 0.198. The molecule has 2 aromatic carbocycles. The van der Waals surface area contributed by atoms with Crippen molar-refractivity contribution in [1.82, 2.24) is 9.13 Å². The standard InChI is InChI=1S/C21H17FN2O3/c1-3-27-21(26)16-12-24(14-7-5-4-6-8-14)20(25)19-18(16)15-11-13(22)9-10-17(15)23(19)2/h4-12H,3H2,1-2H3. The lowest BCUT2D eigenvalue weighted by atomic mass is 10.1. The fourth-order valence-corrected chi connectivity index (χ4v) is 3.45. The highest BCUT2D eigenvalue weighted by Crippen LogP contribution is 2.30. The molecule has 0 bridgehead atoms. The summed E-state index contributed by atoms with van der Waals surface area (Å²) in [6, 6.07) is 13.3. The molecule has 0 saturated carbocycles. The van der Waals surface area contributed by atoms with E-state index in [4.69, 9.17) is 4.74 Å². The van der Waals surface area contributed by atoms with Crippen molar-refractivity contribution in [3.63, 3.8) is 0 Å². The van der Waals surface area contributed by atoms with E-state index in [1.165, 1.54) is 22.9 Å². The SMILES string of the molecule is CCOC(=O)c1cn(-c2ccccc2)c(=O)c2c1c1cc(F)ccc1n2C. The lowest BCUT2D eigenvalue weighted by Gasteiger charge is -2.11. The quantitative estimate of drug-likeness (QED) is 0.520. The van der Waals surface area contributed by atoms with Gasteiger partial charge in [-0.2, -0.15) is 0 Å². The average molecular weight is 364 g/mol. The average Bonchev–Trinajstić information content (AvgIpc) is 2.96. The van der Waals surface area contributed by atoms with Gasteiger partial charge in [0.05, 0.1) is 12.2 Å². The number of aryl methyl sites for hydroxylation is 1. The monoisotopic (exact) mass is 364 g/mol. The van der Waals surface area contributed by atoms with Gasteiger partial charge in [0.1, 0.15) is 11.3 Å². The zero-order valence-electron chi connectivity index (χ0n) is 14.9. The number of pyridine rings is 1. The van der Waals surface area contributed by atoms with Crippen LogP contribution >= 0.6 is 0 Å². The third-order valence-electron chi connectivity index (χ3n) is 4.64. The predicted octanol–water partition coefficient (Wildman–Crippen LogP) is 3.80. The molecule has 0 saturated heterocycles. The maximum atomic E-state index is 13.9. The summed E-state index contributed by atoms with van der Waals surface area (Å²) >= 11 is 0. The van der Waals surface area contributed by atoms with Crippen molar-refractivity contribution in [1.29, 1.82) is 0 Å². The zero-order chi connectivity index (χ0) is 19.1. The minimum Gasteiger partial charge on any atom is -0.462 e. The fourth-order valence-electron chi connectivity index (χ4n) is 3.45. The van der Waals surface area contributed by atoms with Crippen molar-refractivity contribution in [2.24, 2.45) is 7.05 Å². The van der Waals surface area contributed by atoms with Crippen molar-refractivity contribution in [2.75, 3.05) is 6.61 Å². The third-order valence-corrected chi connectivity index (χ3v) is 4.64. The van der Waals surface area contributed by atoms with Gasteiger partial charge in [-0.1, -0.05) is 18.2 Å². The Bertz CT molecular complexity index is 1240. The molecule has 6 heteroatoms. The summed E-state index contributed by atoms with van der Waals surface area (Å²) in [5, 5.41) is 0.912. The van der Waals surface area contributed by atoms with Gasteiger partial charge in [0.25, 0.3) is 5.56 Å². The van der Waals surface area contributed by atoms with Gasteiger partial charge in [0, 0.05) is 35.2 Å². The Labute approximate surface area is 154 Å². The van der Waals surface area contributed by atoms with Crippen LogP contribution in [0.3, 0.4) is 0 Å². The lowest BCUT2D eigenvalue weighted by molar-refractivity contribution is 0.0528. The number of carbonyl (C=O) groups excluding carboxylic acids is 1. The molecule has 0 aliphatic carbocycles. The summed E-state index contributed by atoms with van der Waals surface area (Å²) < 4.78 is 22.2. The second-order valence-corrected chi connectivity index (χ2v) is 6.22. The van der Waals surface area contributed by atoms with Gasteiger partial charge in [-0.15, -0.1) is 0 Å². The van der Waals surface area contributed by atoms with Crippen LogP contribution in [0, 0.1) is 5.82 Å². The first-order valence-electron chi connectivity index (χ1n) is 8.58. The molecule has 5 nitrogen and oxygen atoms in total. The molecular weight excluding hydrogens is 347 g/mol. The van der Waals surface area contributed by atoms with Crippen LogP contribution in [0.4, 0.5) is 4.39 Å². The molecule has 0 aliphatic heterocycles. The van der Waals surface area contributed by atoms with Crippen molar-refractivity contribution in [2.45, 2.75) is 6.92 Å². The van der Waals surface area contributed by atoms with Gasteiger partial charge in [-0.25, -0.2) is 9.18 Å². The third kappa shape index (κ3) is 2.61. The van der Waals surface area contributed by atoms with E-state index in [1.54, 1.807) is 36.7 Å². The molecule has 0 aliphatic rings. The van der Waals surface area contributed by atoms with Crippen LogP contribution in [0.25, 0.3) is 27.5 Å². The minimum atomic E-state index is -0.552. The molecule has 4 rings (SSSR count). The van der Waals surface area contributed by atoms with Crippen LogP contribution in [-0.2, 0) is 11.8 Å². The summed E-state index contributed by atoms with van der Waals surface area (Å²) in [4.78, 5) is 25.9. The first-order chi connectivity index (χ1) is 13.0.